The molecule has 0 saturated heterocycles. The second kappa shape index (κ2) is 5.07. The summed E-state index contributed by atoms with van der Waals surface area (Å²) in [5.74, 6) is 1.30. The van der Waals surface area contributed by atoms with E-state index in [0.29, 0.717) is 17.2 Å². The molecule has 2 rings (SSSR count). The van der Waals surface area contributed by atoms with Crippen molar-refractivity contribution in [3.63, 3.8) is 0 Å². The van der Waals surface area contributed by atoms with E-state index in [1.807, 2.05) is 32.0 Å². The van der Waals surface area contributed by atoms with Gasteiger partial charge >= 0.3 is 0 Å². The summed E-state index contributed by atoms with van der Waals surface area (Å²) < 4.78 is 5.66. The van der Waals surface area contributed by atoms with Crippen LogP contribution in [-0.2, 0) is 0 Å². The molecule has 0 fully saturated rings. The van der Waals surface area contributed by atoms with Gasteiger partial charge in [0.25, 0.3) is 0 Å². The molecule has 3 nitrogen and oxygen atoms in total. The lowest BCUT2D eigenvalue weighted by Crippen LogP contribution is -1.89. The Kier molecular flexibility index (Phi) is 3.50. The van der Waals surface area contributed by atoms with Crippen molar-refractivity contribution < 1.29 is 4.74 Å². The predicted molar refractivity (Wildman–Crippen MR) is 70.0 cm³/mol. The van der Waals surface area contributed by atoms with Crippen molar-refractivity contribution >= 4 is 11.6 Å². The van der Waals surface area contributed by atoms with Crippen LogP contribution in [0.3, 0.4) is 0 Å². The van der Waals surface area contributed by atoms with Crippen molar-refractivity contribution in [3.8, 4) is 17.6 Å². The van der Waals surface area contributed by atoms with Gasteiger partial charge in [-0.1, -0.05) is 11.6 Å². The Morgan fingerprint density at radius 1 is 1.17 bits per heavy atom. The Bertz CT molecular complexity index is 592. The standard InChI is InChI=1S/C14H11ClN2O/c1-9-5-13(6-10(2)14(9)15)18-12-4-3-11(7-16)17-8-12/h3-6,8H,1-2H3. The maximum Gasteiger partial charge on any atom is 0.145 e. The Morgan fingerprint density at radius 2 is 1.83 bits per heavy atom. The third-order valence-corrected chi connectivity index (χ3v) is 3.09. The van der Waals surface area contributed by atoms with E-state index in [2.05, 4.69) is 4.98 Å². The van der Waals surface area contributed by atoms with Crippen molar-refractivity contribution in [1.82, 2.24) is 4.98 Å². The molecule has 0 radical (unpaired) electrons. The first-order valence-electron chi connectivity index (χ1n) is 5.41. The third kappa shape index (κ3) is 2.61. The zero-order valence-corrected chi connectivity index (χ0v) is 10.8. The molecule has 0 aliphatic carbocycles. The summed E-state index contributed by atoms with van der Waals surface area (Å²) in [7, 11) is 0. The number of pyridine rings is 1. The van der Waals surface area contributed by atoms with Gasteiger partial charge in [0.15, 0.2) is 0 Å². The van der Waals surface area contributed by atoms with E-state index in [-0.39, 0.29) is 0 Å². The lowest BCUT2D eigenvalue weighted by atomic mass is 10.1. The number of nitrogens with zero attached hydrogens (tertiary/aromatic N) is 2. The highest BCUT2D eigenvalue weighted by atomic mass is 35.5. The molecule has 0 aliphatic rings. The summed E-state index contributed by atoms with van der Waals surface area (Å²) in [4.78, 5) is 3.94. The Morgan fingerprint density at radius 3 is 2.33 bits per heavy atom. The van der Waals surface area contributed by atoms with E-state index >= 15 is 0 Å². The van der Waals surface area contributed by atoms with Gasteiger partial charge in [0, 0.05) is 5.02 Å². The molecule has 4 heteroatoms. The quantitative estimate of drug-likeness (QED) is 0.817. The van der Waals surface area contributed by atoms with Gasteiger partial charge in [0.1, 0.15) is 23.3 Å². The van der Waals surface area contributed by atoms with Gasteiger partial charge in [-0.25, -0.2) is 4.98 Å². The normalized spacial score (nSPS) is 9.89. The van der Waals surface area contributed by atoms with Gasteiger partial charge in [-0.15, -0.1) is 0 Å². The highest BCUT2D eigenvalue weighted by Crippen LogP contribution is 2.28. The number of nitriles is 1. The van der Waals surface area contributed by atoms with Crippen molar-refractivity contribution in [3.05, 3.63) is 52.3 Å². The van der Waals surface area contributed by atoms with Crippen LogP contribution in [0.4, 0.5) is 0 Å². The van der Waals surface area contributed by atoms with Gasteiger partial charge in [0.05, 0.1) is 6.20 Å². The summed E-state index contributed by atoms with van der Waals surface area (Å²) in [5.41, 5.74) is 2.30. The number of hydrogen-bond donors (Lipinski definition) is 0. The largest absolute Gasteiger partial charge is 0.456 e. The van der Waals surface area contributed by atoms with Crippen molar-refractivity contribution in [2.24, 2.45) is 0 Å². The van der Waals surface area contributed by atoms with Crippen LogP contribution in [0.25, 0.3) is 0 Å². The highest BCUT2D eigenvalue weighted by molar-refractivity contribution is 6.32. The molecule has 0 spiro atoms. The monoisotopic (exact) mass is 258 g/mol. The summed E-state index contributed by atoms with van der Waals surface area (Å²) in [6, 6.07) is 9.03. The molecular formula is C14H11ClN2O. The van der Waals surface area contributed by atoms with Gasteiger partial charge in [-0.2, -0.15) is 5.26 Å². The first-order chi connectivity index (χ1) is 8.60. The minimum Gasteiger partial charge on any atom is -0.456 e. The molecular weight excluding hydrogens is 248 g/mol. The predicted octanol–water partition coefficient (Wildman–Crippen LogP) is 4.02. The van der Waals surface area contributed by atoms with Gasteiger partial charge in [-0.3, -0.25) is 0 Å². The van der Waals surface area contributed by atoms with Crippen LogP contribution >= 0.6 is 11.6 Å². The van der Waals surface area contributed by atoms with E-state index in [9.17, 15) is 0 Å². The number of aryl methyl sites for hydroxylation is 2. The van der Waals surface area contributed by atoms with Crippen molar-refractivity contribution in [2.75, 3.05) is 0 Å². The van der Waals surface area contributed by atoms with E-state index in [0.717, 1.165) is 16.1 Å². The molecule has 1 aromatic heterocycles. The number of rotatable bonds is 2. The molecule has 90 valence electrons. The van der Waals surface area contributed by atoms with Crippen LogP contribution in [0.15, 0.2) is 30.5 Å². The molecule has 0 N–H and O–H groups in total. The van der Waals surface area contributed by atoms with Crippen LogP contribution in [0, 0.1) is 25.2 Å². The average molecular weight is 259 g/mol. The maximum absolute atomic E-state index is 8.65. The molecule has 0 atom stereocenters. The minimum absolute atomic E-state index is 0.366. The smallest absolute Gasteiger partial charge is 0.145 e. The molecule has 0 unspecified atom stereocenters. The fourth-order valence-electron chi connectivity index (χ4n) is 1.61. The number of aromatic nitrogens is 1. The van der Waals surface area contributed by atoms with Gasteiger partial charge in [-0.05, 0) is 49.2 Å². The van der Waals surface area contributed by atoms with Crippen LogP contribution < -0.4 is 4.74 Å². The fourth-order valence-corrected chi connectivity index (χ4v) is 1.72. The zero-order chi connectivity index (χ0) is 13.1. The first kappa shape index (κ1) is 12.4. The highest BCUT2D eigenvalue weighted by Gasteiger charge is 2.05. The number of hydrogen-bond acceptors (Lipinski definition) is 3. The van der Waals surface area contributed by atoms with Crippen LogP contribution in [0.5, 0.6) is 11.5 Å². The third-order valence-electron chi connectivity index (χ3n) is 2.50. The van der Waals surface area contributed by atoms with Gasteiger partial charge < -0.3 is 4.74 Å². The minimum atomic E-state index is 0.366. The van der Waals surface area contributed by atoms with Crippen LogP contribution in [0.2, 0.25) is 5.02 Å². The summed E-state index contributed by atoms with van der Waals surface area (Å²) in [6.45, 7) is 3.86. The number of benzene rings is 1. The summed E-state index contributed by atoms with van der Waals surface area (Å²) >= 11 is 6.09. The maximum atomic E-state index is 8.65. The lowest BCUT2D eigenvalue weighted by molar-refractivity contribution is 0.479. The molecule has 0 bridgehead atoms. The lowest BCUT2D eigenvalue weighted by Gasteiger charge is -2.09. The topological polar surface area (TPSA) is 45.9 Å². The second-order valence-electron chi connectivity index (χ2n) is 3.96. The SMILES string of the molecule is Cc1cc(Oc2ccc(C#N)nc2)cc(C)c1Cl. The first-order valence-corrected chi connectivity index (χ1v) is 5.78. The van der Waals surface area contributed by atoms with E-state index in [4.69, 9.17) is 21.6 Å². The molecule has 1 aromatic carbocycles. The molecule has 0 amide bonds. The van der Waals surface area contributed by atoms with E-state index in [1.165, 1.54) is 6.20 Å². The number of halogens is 1. The average Bonchev–Trinajstić information content (AvgIpc) is 2.37. The van der Waals surface area contributed by atoms with Crippen molar-refractivity contribution in [1.29, 1.82) is 5.26 Å². The van der Waals surface area contributed by atoms with Gasteiger partial charge in [0.2, 0.25) is 0 Å². The molecule has 18 heavy (non-hydrogen) atoms. The number of ether oxygens (including phenoxy) is 1. The Balaban J connectivity index is 2.26. The summed E-state index contributed by atoms with van der Waals surface area (Å²) in [5, 5.41) is 9.40. The van der Waals surface area contributed by atoms with Crippen LogP contribution in [0.1, 0.15) is 16.8 Å². The molecule has 0 aliphatic heterocycles. The molecule has 1 heterocycles. The Labute approximate surface area is 111 Å². The zero-order valence-electron chi connectivity index (χ0n) is 10.1. The summed E-state index contributed by atoms with van der Waals surface area (Å²) in [6.07, 6.45) is 1.53. The van der Waals surface area contributed by atoms with E-state index < -0.39 is 0 Å². The van der Waals surface area contributed by atoms with E-state index in [1.54, 1.807) is 12.1 Å². The van der Waals surface area contributed by atoms with Crippen LogP contribution in [-0.4, -0.2) is 4.98 Å². The van der Waals surface area contributed by atoms with Crippen molar-refractivity contribution in [2.45, 2.75) is 13.8 Å². The second-order valence-corrected chi connectivity index (χ2v) is 4.34. The Hall–Kier alpha value is -2.05. The fraction of sp³-hybridized carbons (Fsp3) is 0.143. The molecule has 0 saturated carbocycles. The molecule has 2 aromatic rings.